The highest BCUT2D eigenvalue weighted by Crippen LogP contribution is 2.87. The summed E-state index contributed by atoms with van der Waals surface area (Å²) in [5, 5.41) is 8.21. The minimum absolute atomic E-state index is 0.0548. The predicted octanol–water partition coefficient (Wildman–Crippen LogP) is 5.33. The normalized spacial score (nSPS) is 39.5. The summed E-state index contributed by atoms with van der Waals surface area (Å²) in [5.41, 5.74) is 2.35. The smallest absolute Gasteiger partial charge is 0.258 e. The van der Waals surface area contributed by atoms with Crippen molar-refractivity contribution in [3.8, 4) is 0 Å². The number of nitrogens with zero attached hydrogens (tertiary/aromatic N) is 1. The maximum Gasteiger partial charge on any atom is 0.258 e. The third-order valence-electron chi connectivity index (χ3n) is 11.0. The molecule has 1 aromatic heterocycles. The van der Waals surface area contributed by atoms with Crippen LogP contribution in [0.15, 0.2) is 35.3 Å². The van der Waals surface area contributed by atoms with Gasteiger partial charge in [0.25, 0.3) is 5.56 Å². The Morgan fingerprint density at radius 1 is 1.03 bits per heavy atom. The number of fused-ring (bicyclic) bond motifs is 3. The van der Waals surface area contributed by atoms with Gasteiger partial charge in [0.05, 0.1) is 0 Å². The molecule has 35 heavy (non-hydrogen) atoms. The van der Waals surface area contributed by atoms with Gasteiger partial charge >= 0.3 is 0 Å². The highest BCUT2D eigenvalue weighted by Gasteiger charge is 2.79. The van der Waals surface area contributed by atoms with Crippen LogP contribution in [0, 0.1) is 33.5 Å². The molecule has 2 heterocycles. The Bertz CT molecular complexity index is 1270. The molecule has 1 amide bonds. The van der Waals surface area contributed by atoms with Crippen molar-refractivity contribution < 1.29 is 4.79 Å². The van der Waals surface area contributed by atoms with E-state index in [9.17, 15) is 9.59 Å². The zero-order valence-electron chi connectivity index (χ0n) is 21.3. The first kappa shape index (κ1) is 22.1. The molecule has 3 bridgehead atoms. The van der Waals surface area contributed by atoms with Crippen molar-refractivity contribution in [3.63, 3.8) is 0 Å². The summed E-state index contributed by atoms with van der Waals surface area (Å²) in [6.07, 6.45) is 12.6. The van der Waals surface area contributed by atoms with E-state index in [0.717, 1.165) is 49.5 Å². The van der Waals surface area contributed by atoms with E-state index in [1.54, 1.807) is 0 Å². The van der Waals surface area contributed by atoms with Crippen LogP contribution in [0.5, 0.6) is 0 Å². The molecule has 1 spiro atoms. The number of aromatic nitrogens is 1. The number of rotatable bonds is 5. The van der Waals surface area contributed by atoms with Crippen LogP contribution >= 0.6 is 0 Å². The Balaban J connectivity index is 1.12. The summed E-state index contributed by atoms with van der Waals surface area (Å²) in [7, 11) is 0. The van der Waals surface area contributed by atoms with Gasteiger partial charge in [-0.25, -0.2) is 0 Å². The monoisotopic (exact) mass is 473 g/mol. The third kappa shape index (κ3) is 3.16. The quantitative estimate of drug-likeness (QED) is 0.617. The molecule has 7 rings (SSSR count). The lowest BCUT2D eigenvalue weighted by Crippen LogP contribution is -2.53. The topological polar surface area (TPSA) is 63.1 Å². The van der Waals surface area contributed by atoms with E-state index in [-0.39, 0.29) is 16.9 Å². The molecule has 5 nitrogen and oxygen atoms in total. The summed E-state index contributed by atoms with van der Waals surface area (Å²) in [6, 6.07) is 7.80. The van der Waals surface area contributed by atoms with Crippen molar-refractivity contribution in [2.45, 2.75) is 78.2 Å². The number of hydrogen-bond acceptors (Lipinski definition) is 3. The number of benzene rings is 1. The lowest BCUT2D eigenvalue weighted by atomic mass is 9.45. The fraction of sp³-hybridized carbons (Fsp3) is 0.667. The van der Waals surface area contributed by atoms with Crippen LogP contribution in [-0.2, 0) is 11.3 Å². The van der Waals surface area contributed by atoms with Crippen LogP contribution in [0.3, 0.4) is 0 Å². The van der Waals surface area contributed by atoms with E-state index >= 15 is 0 Å². The molecule has 5 unspecified atom stereocenters. The van der Waals surface area contributed by atoms with Gasteiger partial charge in [-0.05, 0) is 116 Å². The van der Waals surface area contributed by atoms with Gasteiger partial charge < -0.3 is 15.2 Å². The number of piperidine rings is 1. The lowest BCUT2D eigenvalue weighted by Gasteiger charge is -2.59. The molecule has 1 aromatic carbocycles. The molecule has 4 aliphatic carbocycles. The van der Waals surface area contributed by atoms with Crippen molar-refractivity contribution >= 4 is 22.4 Å². The number of carbonyl (C=O) groups excluding carboxylic acids is 1. The minimum atomic E-state index is 0.0548. The van der Waals surface area contributed by atoms with Gasteiger partial charge in [-0.3, -0.25) is 9.59 Å². The molecule has 2 aromatic rings. The molecule has 5 fully saturated rings. The fourth-order valence-corrected chi connectivity index (χ4v) is 10.5. The van der Waals surface area contributed by atoms with Gasteiger partial charge in [0.2, 0.25) is 5.91 Å². The number of carbonyl (C=O) groups is 1. The van der Waals surface area contributed by atoms with E-state index in [2.05, 4.69) is 24.5 Å². The Morgan fingerprint density at radius 2 is 1.83 bits per heavy atom. The molecule has 4 saturated carbocycles. The molecule has 1 saturated heterocycles. The summed E-state index contributed by atoms with van der Waals surface area (Å²) >= 11 is 0. The molecule has 5 aliphatic rings. The van der Waals surface area contributed by atoms with Crippen LogP contribution in [0.2, 0.25) is 0 Å². The van der Waals surface area contributed by atoms with E-state index in [1.807, 2.05) is 35.0 Å². The maximum atomic E-state index is 13.5. The molecular weight excluding hydrogens is 434 g/mol. The zero-order chi connectivity index (χ0) is 24.1. The highest BCUT2D eigenvalue weighted by molar-refractivity contribution is 6.02. The zero-order valence-corrected chi connectivity index (χ0v) is 21.3. The number of hydrogen-bond donors (Lipinski definition) is 2. The van der Waals surface area contributed by atoms with Gasteiger partial charge in [0.1, 0.15) is 0 Å². The molecular formula is C30H39N3O2. The van der Waals surface area contributed by atoms with E-state index < -0.39 is 0 Å². The SMILES string of the molecule is CC12CC3CC4(CC(=O)Nc5cccc6c(=O)n(CC7CCNCC7)ccc56)CC(C)(C1)CC34C2. The first-order valence-corrected chi connectivity index (χ1v) is 13.9. The first-order valence-electron chi connectivity index (χ1n) is 13.9. The van der Waals surface area contributed by atoms with E-state index in [0.29, 0.717) is 34.0 Å². The number of nitrogens with one attached hydrogen (secondary N) is 2. The van der Waals surface area contributed by atoms with Crippen LogP contribution in [-0.4, -0.2) is 23.6 Å². The van der Waals surface area contributed by atoms with Gasteiger partial charge in [0.15, 0.2) is 0 Å². The summed E-state index contributed by atoms with van der Waals surface area (Å²) in [5.74, 6) is 1.51. The predicted molar refractivity (Wildman–Crippen MR) is 139 cm³/mol. The summed E-state index contributed by atoms with van der Waals surface area (Å²) in [6.45, 7) is 7.84. The number of amides is 1. The largest absolute Gasteiger partial charge is 0.325 e. The third-order valence-corrected chi connectivity index (χ3v) is 11.0. The van der Waals surface area contributed by atoms with Crippen molar-refractivity contribution in [2.75, 3.05) is 18.4 Å². The van der Waals surface area contributed by atoms with Crippen molar-refractivity contribution in [1.82, 2.24) is 9.88 Å². The lowest BCUT2D eigenvalue weighted by molar-refractivity contribution is -0.136. The van der Waals surface area contributed by atoms with Gasteiger partial charge in [0, 0.05) is 35.6 Å². The first-order chi connectivity index (χ1) is 16.7. The molecule has 2 N–H and O–H groups in total. The Labute approximate surface area is 208 Å². The standard InChI is InChI=1S/C30H39N3O2/c1-27-12-21-13-29(17-28(2,16-27)19-30(21,29)18-27)14-25(34)32-24-5-3-4-23-22(24)8-11-33(26(23)35)15-20-6-9-31-10-7-20/h3-5,8,11,20-21,31H,6-7,9-10,12-19H2,1-2H3,(H,32,34). The van der Waals surface area contributed by atoms with Crippen molar-refractivity contribution in [1.29, 1.82) is 0 Å². The molecule has 186 valence electrons. The maximum absolute atomic E-state index is 13.5. The second-order valence-electron chi connectivity index (χ2n) is 13.8. The van der Waals surface area contributed by atoms with Crippen LogP contribution in [0.1, 0.15) is 71.6 Å². The van der Waals surface area contributed by atoms with E-state index in [1.165, 1.54) is 38.5 Å². The van der Waals surface area contributed by atoms with Crippen molar-refractivity contribution in [3.05, 3.63) is 40.8 Å². The van der Waals surface area contributed by atoms with Gasteiger partial charge in [-0.1, -0.05) is 19.9 Å². The van der Waals surface area contributed by atoms with E-state index in [4.69, 9.17) is 0 Å². The molecule has 5 atom stereocenters. The average Bonchev–Trinajstić information content (AvgIpc) is 3.07. The van der Waals surface area contributed by atoms with Crippen LogP contribution in [0.25, 0.3) is 10.8 Å². The molecule has 5 heteroatoms. The minimum Gasteiger partial charge on any atom is -0.325 e. The highest BCUT2D eigenvalue weighted by atomic mass is 16.1. The Morgan fingerprint density at radius 3 is 2.66 bits per heavy atom. The molecule has 1 aliphatic heterocycles. The van der Waals surface area contributed by atoms with Crippen LogP contribution in [0.4, 0.5) is 5.69 Å². The Kier molecular flexibility index (Phi) is 4.55. The van der Waals surface area contributed by atoms with Crippen molar-refractivity contribution in [2.24, 2.45) is 33.5 Å². The van der Waals surface area contributed by atoms with Gasteiger partial charge in [-0.15, -0.1) is 0 Å². The Hall–Kier alpha value is -2.14. The molecule has 0 radical (unpaired) electrons. The summed E-state index contributed by atoms with van der Waals surface area (Å²) < 4.78 is 1.87. The summed E-state index contributed by atoms with van der Waals surface area (Å²) in [4.78, 5) is 26.8. The van der Waals surface area contributed by atoms with Crippen LogP contribution < -0.4 is 16.2 Å². The fourth-order valence-electron chi connectivity index (χ4n) is 10.5. The average molecular weight is 474 g/mol. The second kappa shape index (κ2) is 7.21. The number of anilines is 1. The number of pyridine rings is 1. The van der Waals surface area contributed by atoms with Gasteiger partial charge in [-0.2, -0.15) is 0 Å². The second-order valence-corrected chi connectivity index (χ2v) is 13.8.